The molecule has 0 bridgehead atoms. The Balaban J connectivity index is 4.21. The fraction of sp³-hybridized carbons (Fsp3) is 0.814. The molecule has 3 unspecified atom stereocenters. The zero-order valence-electron chi connectivity index (χ0n) is 34.3. The Kier molecular flexibility index (Phi) is 38.1. The molecule has 0 aromatic carbocycles. The first-order valence-corrected chi connectivity index (χ1v) is 23.0. The van der Waals surface area contributed by atoms with Gasteiger partial charge in [-0.05, 0) is 44.9 Å². The molecule has 0 fully saturated rings. The van der Waals surface area contributed by atoms with E-state index >= 15 is 0 Å². The molecule has 0 spiro atoms. The van der Waals surface area contributed by atoms with Crippen molar-refractivity contribution in [3.8, 4) is 0 Å². The molecule has 0 radical (unpaired) electrons. The third-order valence-electron chi connectivity index (χ3n) is 9.18. The minimum atomic E-state index is -4.62. The van der Waals surface area contributed by atoms with Crippen LogP contribution < -0.4 is 5.73 Å². The molecule has 0 aliphatic heterocycles. The standard InChI is InChI=1S/C43H80NO9P/c1-3-5-7-9-11-13-15-17-18-19-20-21-22-24-26-28-30-32-34-36-50-37-40(38-51-54(48,49)52-39-41(44)43(46)47)53-42(45)35-33-31-29-27-25-23-16-14-12-10-8-6-4-2/h6,8,12,14,23,25,40-41H,3-5,7,9-11,13,15-22,24,26-39,44H2,1-2H3,(H,46,47)(H,48,49)/b8-6-,14-12-,25-23-. The molecule has 3 atom stereocenters. The molecular weight excluding hydrogens is 705 g/mol. The monoisotopic (exact) mass is 786 g/mol. The van der Waals surface area contributed by atoms with Crippen molar-refractivity contribution in [1.29, 1.82) is 0 Å². The number of carboxylic acids is 1. The molecule has 0 saturated carbocycles. The van der Waals surface area contributed by atoms with Crippen LogP contribution in [0.25, 0.3) is 0 Å². The maximum absolute atomic E-state index is 12.6. The van der Waals surface area contributed by atoms with Gasteiger partial charge in [-0.25, -0.2) is 4.57 Å². The van der Waals surface area contributed by atoms with Gasteiger partial charge in [-0.15, -0.1) is 0 Å². The Bertz CT molecular complexity index is 1000. The van der Waals surface area contributed by atoms with Gasteiger partial charge in [-0.2, -0.15) is 0 Å². The number of hydrogen-bond donors (Lipinski definition) is 3. The van der Waals surface area contributed by atoms with E-state index in [4.69, 9.17) is 29.4 Å². The zero-order chi connectivity index (χ0) is 39.8. The quantitative estimate of drug-likeness (QED) is 0.0236. The highest BCUT2D eigenvalue weighted by Crippen LogP contribution is 2.43. The van der Waals surface area contributed by atoms with Crippen molar-refractivity contribution in [3.63, 3.8) is 0 Å². The number of phosphoric ester groups is 1. The van der Waals surface area contributed by atoms with E-state index in [1.807, 2.05) is 0 Å². The second kappa shape index (κ2) is 39.4. The summed E-state index contributed by atoms with van der Waals surface area (Å²) in [7, 11) is -4.62. The zero-order valence-corrected chi connectivity index (χ0v) is 35.2. The van der Waals surface area contributed by atoms with Gasteiger partial charge in [0.2, 0.25) is 0 Å². The van der Waals surface area contributed by atoms with Crippen LogP contribution in [0.1, 0.15) is 187 Å². The second-order valence-electron chi connectivity index (χ2n) is 14.4. The maximum Gasteiger partial charge on any atom is 0.472 e. The number of nitrogens with two attached hydrogens (primary N) is 1. The van der Waals surface area contributed by atoms with Crippen LogP contribution in [-0.4, -0.2) is 60.5 Å². The average Bonchev–Trinajstić information content (AvgIpc) is 3.15. The van der Waals surface area contributed by atoms with E-state index < -0.39 is 45.1 Å². The summed E-state index contributed by atoms with van der Waals surface area (Å²) in [4.78, 5) is 33.5. The first kappa shape index (κ1) is 52.2. The number of carbonyl (C=O) groups is 2. The minimum absolute atomic E-state index is 0.00750. The van der Waals surface area contributed by atoms with Gasteiger partial charge in [0.15, 0.2) is 0 Å². The molecule has 10 nitrogen and oxygen atoms in total. The summed E-state index contributed by atoms with van der Waals surface area (Å²) in [6.07, 6.45) is 43.5. The van der Waals surface area contributed by atoms with Crippen molar-refractivity contribution in [2.75, 3.05) is 26.4 Å². The number of ether oxygens (including phenoxy) is 2. The second-order valence-corrected chi connectivity index (χ2v) is 15.9. The Morgan fingerprint density at radius 1 is 0.611 bits per heavy atom. The summed E-state index contributed by atoms with van der Waals surface area (Å²) in [5, 5.41) is 8.88. The third-order valence-corrected chi connectivity index (χ3v) is 10.1. The number of hydrogen-bond acceptors (Lipinski definition) is 8. The molecule has 4 N–H and O–H groups in total. The summed E-state index contributed by atoms with van der Waals surface area (Å²) in [6, 6.07) is -1.48. The van der Waals surface area contributed by atoms with E-state index in [1.54, 1.807) is 0 Å². The summed E-state index contributed by atoms with van der Waals surface area (Å²) in [5.74, 6) is -1.81. The summed E-state index contributed by atoms with van der Waals surface area (Å²) in [6.45, 7) is 3.74. The van der Waals surface area contributed by atoms with Crippen molar-refractivity contribution < 1.29 is 42.7 Å². The van der Waals surface area contributed by atoms with E-state index in [1.165, 1.54) is 103 Å². The first-order valence-electron chi connectivity index (χ1n) is 21.5. The van der Waals surface area contributed by atoms with Crippen molar-refractivity contribution >= 4 is 19.8 Å². The molecule has 0 heterocycles. The van der Waals surface area contributed by atoms with Crippen molar-refractivity contribution in [2.45, 2.75) is 199 Å². The predicted octanol–water partition coefficient (Wildman–Crippen LogP) is 11.7. The van der Waals surface area contributed by atoms with Crippen molar-refractivity contribution in [3.05, 3.63) is 36.5 Å². The molecule has 316 valence electrons. The van der Waals surface area contributed by atoms with Gasteiger partial charge < -0.3 is 25.2 Å². The van der Waals surface area contributed by atoms with Crippen LogP contribution in [0.4, 0.5) is 0 Å². The highest BCUT2D eigenvalue weighted by molar-refractivity contribution is 7.47. The Morgan fingerprint density at radius 2 is 1.07 bits per heavy atom. The van der Waals surface area contributed by atoms with Crippen molar-refractivity contribution in [2.24, 2.45) is 5.73 Å². The number of allylic oxidation sites excluding steroid dienone is 6. The molecule has 0 aliphatic carbocycles. The van der Waals surface area contributed by atoms with E-state index in [-0.39, 0.29) is 13.0 Å². The Labute approximate surface area is 329 Å². The minimum Gasteiger partial charge on any atom is -0.480 e. The van der Waals surface area contributed by atoms with Crippen LogP contribution in [-0.2, 0) is 32.7 Å². The van der Waals surface area contributed by atoms with Crippen molar-refractivity contribution in [1.82, 2.24) is 0 Å². The predicted molar refractivity (Wildman–Crippen MR) is 221 cm³/mol. The number of phosphoric acid groups is 1. The van der Waals surface area contributed by atoms with Crippen LogP contribution in [0.15, 0.2) is 36.5 Å². The van der Waals surface area contributed by atoms with Gasteiger partial charge in [0, 0.05) is 13.0 Å². The fourth-order valence-corrected chi connectivity index (χ4v) is 6.63. The number of aliphatic carboxylic acids is 1. The molecule has 11 heteroatoms. The normalized spacial score (nSPS) is 14.3. The van der Waals surface area contributed by atoms with E-state index in [9.17, 15) is 19.0 Å². The SMILES string of the molecule is CC/C=C\C/C=C\C/C=C\CCCCCC(=O)OC(COCCCCCCCCCCCCCCCCCCCCC)COP(=O)(O)OCC(N)C(=O)O. The number of esters is 1. The molecule has 0 aromatic rings. The lowest BCUT2D eigenvalue weighted by atomic mass is 10.0. The van der Waals surface area contributed by atoms with E-state index in [0.717, 1.165) is 57.8 Å². The van der Waals surface area contributed by atoms with Crippen LogP contribution in [0.2, 0.25) is 0 Å². The van der Waals surface area contributed by atoms with Gasteiger partial charge in [-0.3, -0.25) is 18.6 Å². The largest absolute Gasteiger partial charge is 0.480 e. The number of rotatable bonds is 41. The molecule has 0 aromatic heterocycles. The molecule has 54 heavy (non-hydrogen) atoms. The lowest BCUT2D eigenvalue weighted by molar-refractivity contribution is -0.154. The Hall–Kier alpha value is -1.81. The highest BCUT2D eigenvalue weighted by atomic mass is 31.2. The van der Waals surface area contributed by atoms with Crippen LogP contribution in [0.5, 0.6) is 0 Å². The number of unbranched alkanes of at least 4 members (excludes halogenated alkanes) is 21. The van der Waals surface area contributed by atoms with Gasteiger partial charge in [-0.1, -0.05) is 172 Å². The van der Waals surface area contributed by atoms with Gasteiger partial charge >= 0.3 is 19.8 Å². The molecule has 0 aliphatic rings. The topological polar surface area (TPSA) is 155 Å². The molecule has 0 saturated heterocycles. The Morgan fingerprint density at radius 3 is 1.59 bits per heavy atom. The first-order chi connectivity index (χ1) is 26.2. The third kappa shape index (κ3) is 38.5. The molecule has 0 rings (SSSR count). The summed E-state index contributed by atoms with van der Waals surface area (Å²) in [5.41, 5.74) is 5.35. The number of carboxylic acid groups (broad SMARTS) is 1. The van der Waals surface area contributed by atoms with Gasteiger partial charge in [0.25, 0.3) is 0 Å². The van der Waals surface area contributed by atoms with E-state index in [2.05, 4.69) is 50.3 Å². The average molecular weight is 786 g/mol. The summed E-state index contributed by atoms with van der Waals surface area (Å²) >= 11 is 0. The fourth-order valence-electron chi connectivity index (χ4n) is 5.85. The summed E-state index contributed by atoms with van der Waals surface area (Å²) < 4.78 is 33.3. The van der Waals surface area contributed by atoms with Crippen LogP contribution in [0.3, 0.4) is 0 Å². The number of carbonyl (C=O) groups excluding carboxylic acids is 1. The van der Waals surface area contributed by atoms with Gasteiger partial charge in [0.1, 0.15) is 12.1 Å². The van der Waals surface area contributed by atoms with Crippen LogP contribution >= 0.6 is 7.82 Å². The van der Waals surface area contributed by atoms with E-state index in [0.29, 0.717) is 13.0 Å². The molecule has 0 amide bonds. The lowest BCUT2D eigenvalue weighted by Gasteiger charge is -2.20. The highest BCUT2D eigenvalue weighted by Gasteiger charge is 2.27. The molecular formula is C43H80NO9P. The lowest BCUT2D eigenvalue weighted by Crippen LogP contribution is -2.34. The smallest absolute Gasteiger partial charge is 0.472 e. The maximum atomic E-state index is 12.6. The van der Waals surface area contributed by atoms with Gasteiger partial charge in [0.05, 0.1) is 19.8 Å². The van der Waals surface area contributed by atoms with Crippen LogP contribution in [0, 0.1) is 0 Å².